The van der Waals surface area contributed by atoms with E-state index in [1.807, 2.05) is 6.07 Å². The summed E-state index contributed by atoms with van der Waals surface area (Å²) in [5.41, 5.74) is 7.21. The van der Waals surface area contributed by atoms with Gasteiger partial charge in [-0.25, -0.2) is 0 Å². The van der Waals surface area contributed by atoms with Gasteiger partial charge in [0.2, 0.25) is 0 Å². The van der Waals surface area contributed by atoms with E-state index in [4.69, 9.17) is 15.2 Å². The molecule has 19 heavy (non-hydrogen) atoms. The van der Waals surface area contributed by atoms with Crippen molar-refractivity contribution in [1.82, 2.24) is 0 Å². The van der Waals surface area contributed by atoms with Gasteiger partial charge in [-0.2, -0.15) is 0 Å². The Morgan fingerprint density at radius 3 is 2.47 bits per heavy atom. The Hall–Kier alpha value is -0.740. The highest BCUT2D eigenvalue weighted by atomic mass is 79.9. The predicted octanol–water partition coefficient (Wildman–Crippen LogP) is 3.53. The number of aryl methyl sites for hydroxylation is 1. The summed E-state index contributed by atoms with van der Waals surface area (Å²) in [6.45, 7) is 6.55. The molecule has 0 fully saturated rings. The van der Waals surface area contributed by atoms with Crippen LogP contribution in [0.4, 0.5) is 0 Å². The molecule has 0 spiro atoms. The van der Waals surface area contributed by atoms with Crippen LogP contribution >= 0.6 is 15.9 Å². The van der Waals surface area contributed by atoms with Crippen molar-refractivity contribution < 1.29 is 9.47 Å². The van der Waals surface area contributed by atoms with Gasteiger partial charge in [0.1, 0.15) is 0 Å². The lowest BCUT2D eigenvalue weighted by Crippen LogP contribution is -2.24. The maximum Gasteiger partial charge on any atom is 0.162 e. The largest absolute Gasteiger partial charge is 0.490 e. The molecule has 1 aliphatic rings. The van der Waals surface area contributed by atoms with Crippen LogP contribution in [0, 0.1) is 5.41 Å². The zero-order valence-electron chi connectivity index (χ0n) is 11.7. The zero-order valence-corrected chi connectivity index (χ0v) is 13.3. The second-order valence-electron chi connectivity index (χ2n) is 5.81. The summed E-state index contributed by atoms with van der Waals surface area (Å²) >= 11 is 3.62. The molecule has 0 amide bonds. The predicted molar refractivity (Wildman–Crippen MR) is 80.9 cm³/mol. The molecule has 2 rings (SSSR count). The minimum atomic E-state index is 0.170. The van der Waals surface area contributed by atoms with Gasteiger partial charge < -0.3 is 15.2 Å². The molecule has 1 aromatic carbocycles. The molecular weight excluding hydrogens is 306 g/mol. The summed E-state index contributed by atoms with van der Waals surface area (Å²) in [5, 5.41) is 0. The van der Waals surface area contributed by atoms with Crippen LogP contribution in [0.5, 0.6) is 11.5 Å². The Morgan fingerprint density at radius 1 is 1.21 bits per heavy atom. The zero-order chi connectivity index (χ0) is 13.9. The fourth-order valence-electron chi connectivity index (χ4n) is 1.99. The first-order valence-electron chi connectivity index (χ1n) is 6.80. The van der Waals surface area contributed by atoms with Crippen molar-refractivity contribution in [2.75, 3.05) is 19.8 Å². The van der Waals surface area contributed by atoms with E-state index in [2.05, 4.69) is 35.8 Å². The standard InChI is InChI=1S/C15H22BrNO2/c1-15(2,10-17)5-4-11-8-13-14(9-12(11)16)19-7-3-6-18-13/h8-9H,3-7,10,17H2,1-2H3. The molecule has 0 aliphatic carbocycles. The van der Waals surface area contributed by atoms with E-state index < -0.39 is 0 Å². The van der Waals surface area contributed by atoms with Gasteiger partial charge in [-0.05, 0) is 42.5 Å². The Kier molecular flexibility index (Phi) is 4.74. The highest BCUT2D eigenvalue weighted by Crippen LogP contribution is 2.36. The van der Waals surface area contributed by atoms with Gasteiger partial charge in [0.15, 0.2) is 11.5 Å². The van der Waals surface area contributed by atoms with Gasteiger partial charge in [-0.15, -0.1) is 0 Å². The van der Waals surface area contributed by atoms with Crippen LogP contribution in [-0.2, 0) is 6.42 Å². The Labute approximate surface area is 123 Å². The first-order valence-corrected chi connectivity index (χ1v) is 7.59. The molecule has 0 aromatic heterocycles. The van der Waals surface area contributed by atoms with E-state index >= 15 is 0 Å². The number of halogens is 1. The number of rotatable bonds is 4. The summed E-state index contributed by atoms with van der Waals surface area (Å²) in [7, 11) is 0. The molecule has 0 saturated carbocycles. The second-order valence-corrected chi connectivity index (χ2v) is 6.66. The van der Waals surface area contributed by atoms with Gasteiger partial charge in [-0.1, -0.05) is 29.8 Å². The SMILES string of the molecule is CC(C)(CN)CCc1cc2c(cc1Br)OCCCO2. The smallest absolute Gasteiger partial charge is 0.162 e. The van der Waals surface area contributed by atoms with Gasteiger partial charge in [0.25, 0.3) is 0 Å². The normalized spacial score (nSPS) is 15.2. The number of nitrogens with two attached hydrogens (primary N) is 1. The van der Waals surface area contributed by atoms with Crippen LogP contribution < -0.4 is 15.2 Å². The molecule has 0 bridgehead atoms. The van der Waals surface area contributed by atoms with Crippen molar-refractivity contribution in [1.29, 1.82) is 0 Å². The van der Waals surface area contributed by atoms with Crippen LogP contribution in [0.25, 0.3) is 0 Å². The first kappa shape index (κ1) is 14.7. The molecule has 106 valence electrons. The van der Waals surface area contributed by atoms with E-state index in [0.29, 0.717) is 6.54 Å². The Morgan fingerprint density at radius 2 is 1.84 bits per heavy atom. The molecule has 3 nitrogen and oxygen atoms in total. The number of benzene rings is 1. The minimum Gasteiger partial charge on any atom is -0.490 e. The molecule has 2 N–H and O–H groups in total. The van der Waals surface area contributed by atoms with Gasteiger partial charge in [-0.3, -0.25) is 0 Å². The topological polar surface area (TPSA) is 44.5 Å². The maximum absolute atomic E-state index is 5.78. The average Bonchev–Trinajstić information content (AvgIpc) is 2.61. The molecule has 4 heteroatoms. The molecule has 0 saturated heterocycles. The lowest BCUT2D eigenvalue weighted by molar-refractivity contribution is 0.297. The molecular formula is C15H22BrNO2. The van der Waals surface area contributed by atoms with Gasteiger partial charge in [0, 0.05) is 10.9 Å². The number of fused-ring (bicyclic) bond motifs is 1. The van der Waals surface area contributed by atoms with Crippen molar-refractivity contribution in [3.05, 3.63) is 22.2 Å². The third-order valence-corrected chi connectivity index (χ3v) is 4.28. The first-order chi connectivity index (χ1) is 9.02. The third kappa shape index (κ3) is 3.86. The summed E-state index contributed by atoms with van der Waals surface area (Å²) in [4.78, 5) is 0. The average molecular weight is 328 g/mol. The highest BCUT2D eigenvalue weighted by Gasteiger charge is 2.18. The fraction of sp³-hybridized carbons (Fsp3) is 0.600. The van der Waals surface area contributed by atoms with Gasteiger partial charge in [0.05, 0.1) is 13.2 Å². The quantitative estimate of drug-likeness (QED) is 0.920. The van der Waals surface area contributed by atoms with E-state index in [9.17, 15) is 0 Å². The lowest BCUT2D eigenvalue weighted by atomic mass is 9.86. The highest BCUT2D eigenvalue weighted by molar-refractivity contribution is 9.10. The molecule has 0 atom stereocenters. The summed E-state index contributed by atoms with van der Waals surface area (Å²) < 4.78 is 12.5. The van der Waals surface area contributed by atoms with E-state index in [1.54, 1.807) is 0 Å². The van der Waals surface area contributed by atoms with Crippen molar-refractivity contribution in [3.8, 4) is 11.5 Å². The van der Waals surface area contributed by atoms with E-state index in [-0.39, 0.29) is 5.41 Å². The van der Waals surface area contributed by atoms with E-state index in [0.717, 1.165) is 48.4 Å². The maximum atomic E-state index is 5.78. The van der Waals surface area contributed by atoms with Crippen molar-refractivity contribution in [3.63, 3.8) is 0 Å². The monoisotopic (exact) mass is 327 g/mol. The van der Waals surface area contributed by atoms with Crippen LogP contribution in [0.15, 0.2) is 16.6 Å². The van der Waals surface area contributed by atoms with E-state index in [1.165, 1.54) is 5.56 Å². The van der Waals surface area contributed by atoms with Crippen LogP contribution in [0.3, 0.4) is 0 Å². The van der Waals surface area contributed by atoms with Crippen molar-refractivity contribution in [2.45, 2.75) is 33.1 Å². The Bertz CT molecular complexity index is 446. The number of ether oxygens (including phenoxy) is 2. The van der Waals surface area contributed by atoms with Crippen LogP contribution in [0.2, 0.25) is 0 Å². The number of hydrogen-bond donors (Lipinski definition) is 1. The molecule has 0 radical (unpaired) electrons. The minimum absolute atomic E-state index is 0.170. The molecule has 1 aromatic rings. The summed E-state index contributed by atoms with van der Waals surface area (Å²) in [6.07, 6.45) is 2.98. The summed E-state index contributed by atoms with van der Waals surface area (Å²) in [6, 6.07) is 4.11. The van der Waals surface area contributed by atoms with Crippen LogP contribution in [0.1, 0.15) is 32.3 Å². The van der Waals surface area contributed by atoms with Gasteiger partial charge >= 0.3 is 0 Å². The Balaban J connectivity index is 2.15. The molecule has 1 heterocycles. The molecule has 0 unspecified atom stereocenters. The van der Waals surface area contributed by atoms with Crippen molar-refractivity contribution in [2.24, 2.45) is 11.1 Å². The van der Waals surface area contributed by atoms with Crippen molar-refractivity contribution >= 4 is 15.9 Å². The number of hydrogen-bond acceptors (Lipinski definition) is 3. The third-order valence-electron chi connectivity index (χ3n) is 3.54. The second kappa shape index (κ2) is 6.14. The summed E-state index contributed by atoms with van der Waals surface area (Å²) in [5.74, 6) is 1.70. The fourth-order valence-corrected chi connectivity index (χ4v) is 2.51. The van der Waals surface area contributed by atoms with Crippen LogP contribution in [-0.4, -0.2) is 19.8 Å². The molecule has 1 aliphatic heterocycles. The lowest BCUT2D eigenvalue weighted by Gasteiger charge is -2.22.